The predicted octanol–water partition coefficient (Wildman–Crippen LogP) is 3.43. The Morgan fingerprint density at radius 2 is 1.85 bits per heavy atom. The molecule has 0 bridgehead atoms. The largest absolute Gasteiger partial charge is 0.492 e. The van der Waals surface area contributed by atoms with Crippen LogP contribution in [-0.4, -0.2) is 86.7 Å². The first-order chi connectivity index (χ1) is 19.6. The maximum atomic E-state index is 14.2. The number of aliphatic hydroxyl groups is 1. The average Bonchev–Trinajstić information content (AvgIpc) is 2.95. The maximum Gasteiger partial charge on any atom is 0.256 e. The van der Waals surface area contributed by atoms with E-state index in [2.05, 4.69) is 9.71 Å². The second kappa shape index (κ2) is 12.0. The molecular formula is C29H32ClFN4O5S. The molecule has 218 valence electrons. The molecule has 1 fully saturated rings. The number of piperidine rings is 1. The van der Waals surface area contributed by atoms with Gasteiger partial charge in [-0.3, -0.25) is 9.78 Å². The van der Waals surface area contributed by atoms with Gasteiger partial charge in [-0.15, -0.1) is 0 Å². The van der Waals surface area contributed by atoms with E-state index in [0.29, 0.717) is 37.5 Å². The number of likely N-dealkylation sites (tertiary alicyclic amines) is 1. The highest BCUT2D eigenvalue weighted by Gasteiger charge is 2.39. The molecule has 0 saturated carbocycles. The molecule has 1 atom stereocenters. The first-order valence-corrected chi connectivity index (χ1v) is 15.2. The van der Waals surface area contributed by atoms with Gasteiger partial charge in [-0.05, 0) is 61.3 Å². The van der Waals surface area contributed by atoms with Crippen molar-refractivity contribution >= 4 is 27.5 Å². The number of likely N-dealkylation sites (N-methyl/N-ethyl adjacent to an activating group) is 1. The molecule has 1 unspecified atom stereocenters. The monoisotopic (exact) mass is 602 g/mol. The van der Waals surface area contributed by atoms with Crippen LogP contribution in [0.1, 0.15) is 23.2 Å². The van der Waals surface area contributed by atoms with E-state index in [-0.39, 0.29) is 35.9 Å². The fourth-order valence-electron chi connectivity index (χ4n) is 5.49. The van der Waals surface area contributed by atoms with Crippen molar-refractivity contribution in [1.29, 1.82) is 0 Å². The number of fused-ring (bicyclic) bond motifs is 1. The van der Waals surface area contributed by atoms with Crippen LogP contribution in [0.4, 0.5) is 4.39 Å². The van der Waals surface area contributed by atoms with Crippen molar-refractivity contribution in [2.24, 2.45) is 5.41 Å². The third kappa shape index (κ3) is 6.70. The zero-order chi connectivity index (χ0) is 29.2. The number of halogens is 2. The summed E-state index contributed by atoms with van der Waals surface area (Å²) >= 11 is 6.05. The minimum absolute atomic E-state index is 0.0208. The molecule has 2 N–H and O–H groups in total. The number of ether oxygens (including phenoxy) is 1. The number of β-amino-alcohol motifs (C(OH)–C–C–N with tert-alkyl or cyclic N) is 1. The molecule has 1 aromatic heterocycles. The number of amides is 1. The molecule has 41 heavy (non-hydrogen) atoms. The summed E-state index contributed by atoms with van der Waals surface area (Å²) < 4.78 is 49.6. The number of rotatable bonds is 2. The van der Waals surface area contributed by atoms with Crippen molar-refractivity contribution in [3.05, 3.63) is 77.3 Å². The van der Waals surface area contributed by atoms with E-state index in [0.717, 1.165) is 17.3 Å². The summed E-state index contributed by atoms with van der Waals surface area (Å²) in [6, 6.07) is 13.5. The Kier molecular flexibility index (Phi) is 8.62. The molecule has 2 aromatic carbocycles. The number of nitrogens with one attached hydrogen (secondary N) is 1. The minimum Gasteiger partial charge on any atom is -0.492 e. The second-order valence-corrected chi connectivity index (χ2v) is 13.0. The van der Waals surface area contributed by atoms with E-state index < -0.39 is 33.3 Å². The van der Waals surface area contributed by atoms with Gasteiger partial charge < -0.3 is 19.6 Å². The molecule has 5 rings (SSSR count). The zero-order valence-corrected chi connectivity index (χ0v) is 24.2. The Hall–Kier alpha value is -3.09. The molecule has 1 saturated heterocycles. The molecule has 9 nitrogen and oxygen atoms in total. The third-order valence-corrected chi connectivity index (χ3v) is 9.41. The van der Waals surface area contributed by atoms with Gasteiger partial charge in [-0.1, -0.05) is 29.8 Å². The smallest absolute Gasteiger partial charge is 0.256 e. The zero-order valence-electron chi connectivity index (χ0n) is 22.6. The van der Waals surface area contributed by atoms with Gasteiger partial charge in [0, 0.05) is 49.4 Å². The molecule has 0 radical (unpaired) electrons. The van der Waals surface area contributed by atoms with Crippen molar-refractivity contribution in [3.8, 4) is 16.9 Å². The van der Waals surface area contributed by atoms with Crippen LogP contribution >= 0.6 is 11.6 Å². The van der Waals surface area contributed by atoms with E-state index in [4.69, 9.17) is 16.3 Å². The van der Waals surface area contributed by atoms with Crippen molar-refractivity contribution in [3.63, 3.8) is 0 Å². The molecule has 0 aliphatic carbocycles. The number of pyridine rings is 1. The van der Waals surface area contributed by atoms with Gasteiger partial charge >= 0.3 is 0 Å². The van der Waals surface area contributed by atoms with Crippen LogP contribution < -0.4 is 9.46 Å². The van der Waals surface area contributed by atoms with Crippen molar-refractivity contribution in [1.82, 2.24) is 19.5 Å². The van der Waals surface area contributed by atoms with Gasteiger partial charge in [0.15, 0.2) is 5.82 Å². The van der Waals surface area contributed by atoms with Gasteiger partial charge in [-0.2, -0.15) is 0 Å². The molecule has 3 heterocycles. The summed E-state index contributed by atoms with van der Waals surface area (Å²) in [7, 11) is -2.13. The van der Waals surface area contributed by atoms with Crippen LogP contribution in [0.5, 0.6) is 5.75 Å². The number of aliphatic hydroxyl groups excluding tert-OH is 1. The van der Waals surface area contributed by atoms with E-state index in [1.807, 2.05) is 24.1 Å². The Bertz CT molecular complexity index is 1510. The second-order valence-electron chi connectivity index (χ2n) is 10.8. The molecule has 2 aliphatic heterocycles. The highest BCUT2D eigenvalue weighted by atomic mass is 35.5. The fraction of sp³-hybridized carbons (Fsp3) is 0.379. The quantitative estimate of drug-likeness (QED) is 0.462. The van der Waals surface area contributed by atoms with E-state index in [1.165, 1.54) is 18.3 Å². The number of hydrogen-bond donors (Lipinski definition) is 2. The topological polar surface area (TPSA) is 112 Å². The van der Waals surface area contributed by atoms with Gasteiger partial charge in [0.2, 0.25) is 10.0 Å². The van der Waals surface area contributed by atoms with Gasteiger partial charge in [0.1, 0.15) is 10.6 Å². The molecular weight excluding hydrogens is 571 g/mol. The standard InChI is InChI=1S/C29H32ClFN4O5S/c1-34-17-23(36)15-33-41(38,39)27-7-4-21(20-2-5-22(30)6-3-20)14-26(27)40-19-29(18-34)9-12-35(13-10-29)28(37)24-8-11-32-16-25(24)31/h2-8,11,14,16,23,33,36H,9-10,12-13,15,17-19H2,1H3. The lowest BCUT2D eigenvalue weighted by atomic mass is 9.78. The summed E-state index contributed by atoms with van der Waals surface area (Å²) in [5, 5.41) is 11.2. The number of carbonyl (C=O) groups excluding carboxylic acids is 1. The minimum atomic E-state index is -3.99. The summed E-state index contributed by atoms with van der Waals surface area (Å²) in [6.45, 7) is 1.57. The number of benzene rings is 2. The van der Waals surface area contributed by atoms with Crippen LogP contribution in [0.25, 0.3) is 11.1 Å². The Morgan fingerprint density at radius 1 is 1.15 bits per heavy atom. The maximum absolute atomic E-state index is 14.2. The van der Waals surface area contributed by atoms with Gasteiger partial charge in [-0.25, -0.2) is 17.5 Å². The lowest BCUT2D eigenvalue weighted by Crippen LogP contribution is -2.51. The highest BCUT2D eigenvalue weighted by molar-refractivity contribution is 7.89. The number of nitrogens with zero attached hydrogens (tertiary/aromatic N) is 3. The SMILES string of the molecule is CN1CC(O)CNS(=O)(=O)c2ccc(-c3ccc(Cl)cc3)cc2OCC2(CCN(C(=O)c3ccncc3F)CC2)C1. The van der Waals surface area contributed by atoms with Crippen LogP contribution in [0.2, 0.25) is 5.02 Å². The first kappa shape index (κ1) is 29.4. The van der Waals surface area contributed by atoms with Crippen LogP contribution in [0, 0.1) is 11.2 Å². The predicted molar refractivity (Wildman–Crippen MR) is 153 cm³/mol. The number of carbonyl (C=O) groups is 1. The highest BCUT2D eigenvalue weighted by Crippen LogP contribution is 2.37. The van der Waals surface area contributed by atoms with E-state index in [9.17, 15) is 22.7 Å². The van der Waals surface area contributed by atoms with Crippen molar-refractivity contribution in [2.45, 2.75) is 23.8 Å². The molecule has 1 spiro atoms. The average molecular weight is 603 g/mol. The fourth-order valence-corrected chi connectivity index (χ4v) is 6.82. The molecule has 1 amide bonds. The Morgan fingerprint density at radius 3 is 2.56 bits per heavy atom. The summed E-state index contributed by atoms with van der Waals surface area (Å²) in [6.07, 6.45) is 2.58. The number of sulfonamides is 1. The van der Waals surface area contributed by atoms with Crippen LogP contribution in [0.3, 0.4) is 0 Å². The summed E-state index contributed by atoms with van der Waals surface area (Å²) in [4.78, 5) is 20.3. The number of aromatic nitrogens is 1. The van der Waals surface area contributed by atoms with Gasteiger partial charge in [0.05, 0.1) is 24.5 Å². The summed E-state index contributed by atoms with van der Waals surface area (Å²) in [5.74, 6) is -0.865. The normalized spacial score (nSPS) is 21.3. The Labute approximate surface area is 244 Å². The van der Waals surface area contributed by atoms with Crippen LogP contribution in [-0.2, 0) is 10.0 Å². The molecule has 12 heteroatoms. The third-order valence-electron chi connectivity index (χ3n) is 7.70. The van der Waals surface area contributed by atoms with Crippen LogP contribution in [0.15, 0.2) is 65.8 Å². The van der Waals surface area contributed by atoms with Gasteiger partial charge in [0.25, 0.3) is 5.91 Å². The summed E-state index contributed by atoms with van der Waals surface area (Å²) in [5.41, 5.74) is 1.13. The van der Waals surface area contributed by atoms with E-state index >= 15 is 0 Å². The van der Waals surface area contributed by atoms with Crippen molar-refractivity contribution < 1.29 is 27.4 Å². The first-order valence-electron chi connectivity index (χ1n) is 13.3. The number of hydrogen-bond acceptors (Lipinski definition) is 7. The van der Waals surface area contributed by atoms with Crippen molar-refractivity contribution in [2.75, 3.05) is 46.4 Å². The van der Waals surface area contributed by atoms with E-state index in [1.54, 1.807) is 29.2 Å². The molecule has 3 aromatic rings. The lowest BCUT2D eigenvalue weighted by Gasteiger charge is -2.44. The Balaban J connectivity index is 1.45. The molecule has 2 aliphatic rings. The lowest BCUT2D eigenvalue weighted by molar-refractivity contribution is 0.0158.